The molecule has 4 nitrogen and oxygen atoms in total. The molecule has 1 aliphatic rings. The normalized spacial score (nSPS) is 25.9. The lowest BCUT2D eigenvalue weighted by Gasteiger charge is -2.19. The van der Waals surface area contributed by atoms with Crippen molar-refractivity contribution < 1.29 is 14.3 Å². The van der Waals surface area contributed by atoms with Crippen LogP contribution in [0.15, 0.2) is 16.5 Å². The zero-order valence-electron chi connectivity index (χ0n) is 8.93. The van der Waals surface area contributed by atoms with Crippen LogP contribution in [-0.4, -0.2) is 29.6 Å². The molecule has 2 heterocycles. The van der Waals surface area contributed by atoms with E-state index < -0.39 is 0 Å². The molecule has 0 saturated carbocycles. The van der Waals surface area contributed by atoms with Crippen LogP contribution >= 0.6 is 0 Å². The quantitative estimate of drug-likeness (QED) is 0.749. The summed E-state index contributed by atoms with van der Waals surface area (Å²) in [5.41, 5.74) is 0. The molecule has 1 saturated heterocycles. The van der Waals surface area contributed by atoms with Gasteiger partial charge in [0.25, 0.3) is 0 Å². The van der Waals surface area contributed by atoms with Crippen LogP contribution in [0.3, 0.4) is 0 Å². The highest BCUT2D eigenvalue weighted by molar-refractivity contribution is 5.91. The molecule has 4 heteroatoms. The number of carbonyl (C=O) groups is 1. The molecular formula is C11H15NO3. The standard InChI is InChI=1S/C11H15NO3/c1-7-5-9(14)6-12(7)11-4-3-10(15-11)8(2)13/h3-4,7,9,14H,5-6H2,1-2H3. The summed E-state index contributed by atoms with van der Waals surface area (Å²) in [5.74, 6) is 0.969. The van der Waals surface area contributed by atoms with Gasteiger partial charge < -0.3 is 14.4 Å². The molecule has 1 aliphatic heterocycles. The Morgan fingerprint density at radius 2 is 2.33 bits per heavy atom. The van der Waals surface area contributed by atoms with E-state index in [0.717, 1.165) is 6.42 Å². The fourth-order valence-corrected chi connectivity index (χ4v) is 1.98. The third kappa shape index (κ3) is 1.90. The molecule has 1 N–H and O–H groups in total. The fourth-order valence-electron chi connectivity index (χ4n) is 1.98. The van der Waals surface area contributed by atoms with E-state index in [1.54, 1.807) is 12.1 Å². The number of hydrogen-bond acceptors (Lipinski definition) is 4. The van der Waals surface area contributed by atoms with Gasteiger partial charge in [0.2, 0.25) is 0 Å². The number of nitrogens with zero attached hydrogens (tertiary/aromatic N) is 1. The van der Waals surface area contributed by atoms with Crippen LogP contribution in [0.1, 0.15) is 30.8 Å². The summed E-state index contributed by atoms with van der Waals surface area (Å²) >= 11 is 0. The number of hydrogen-bond donors (Lipinski definition) is 1. The lowest BCUT2D eigenvalue weighted by atomic mass is 10.2. The Hall–Kier alpha value is -1.29. The van der Waals surface area contributed by atoms with E-state index in [4.69, 9.17) is 4.42 Å². The average molecular weight is 209 g/mol. The van der Waals surface area contributed by atoms with Crippen molar-refractivity contribution >= 4 is 11.7 Å². The van der Waals surface area contributed by atoms with E-state index in [-0.39, 0.29) is 17.9 Å². The van der Waals surface area contributed by atoms with Gasteiger partial charge in [0.1, 0.15) is 0 Å². The Labute approximate surface area is 88.5 Å². The van der Waals surface area contributed by atoms with Gasteiger partial charge in [0.15, 0.2) is 17.4 Å². The van der Waals surface area contributed by atoms with E-state index in [1.807, 2.05) is 11.8 Å². The topological polar surface area (TPSA) is 53.7 Å². The van der Waals surface area contributed by atoms with Crippen LogP contribution in [0, 0.1) is 0 Å². The lowest BCUT2D eigenvalue weighted by Crippen LogP contribution is -2.26. The molecular weight excluding hydrogens is 194 g/mol. The van der Waals surface area contributed by atoms with Gasteiger partial charge in [0, 0.05) is 25.6 Å². The van der Waals surface area contributed by atoms with Crippen molar-refractivity contribution in [1.82, 2.24) is 0 Å². The highest BCUT2D eigenvalue weighted by Gasteiger charge is 2.29. The van der Waals surface area contributed by atoms with Gasteiger partial charge in [-0.1, -0.05) is 0 Å². The highest BCUT2D eigenvalue weighted by Crippen LogP contribution is 2.27. The molecule has 0 radical (unpaired) electrons. The van der Waals surface area contributed by atoms with E-state index >= 15 is 0 Å². The molecule has 0 aromatic carbocycles. The number of aliphatic hydroxyl groups is 1. The molecule has 2 unspecified atom stereocenters. The third-order valence-electron chi connectivity index (χ3n) is 2.77. The zero-order chi connectivity index (χ0) is 11.0. The number of anilines is 1. The Bertz CT molecular complexity index is 372. The first kappa shape index (κ1) is 10.2. The van der Waals surface area contributed by atoms with Gasteiger partial charge in [-0.15, -0.1) is 0 Å². The Morgan fingerprint density at radius 1 is 1.60 bits per heavy atom. The number of furan rings is 1. The molecule has 0 spiro atoms. The van der Waals surface area contributed by atoms with Gasteiger partial charge in [-0.2, -0.15) is 0 Å². The highest BCUT2D eigenvalue weighted by atomic mass is 16.4. The molecule has 1 fully saturated rings. The number of aliphatic hydroxyl groups excluding tert-OH is 1. The molecule has 1 aromatic rings. The fraction of sp³-hybridized carbons (Fsp3) is 0.545. The second-order valence-electron chi connectivity index (χ2n) is 4.08. The molecule has 82 valence electrons. The molecule has 0 aliphatic carbocycles. The van der Waals surface area contributed by atoms with Gasteiger partial charge in [-0.25, -0.2) is 0 Å². The predicted molar refractivity (Wildman–Crippen MR) is 56.1 cm³/mol. The summed E-state index contributed by atoms with van der Waals surface area (Å²) in [4.78, 5) is 13.0. The van der Waals surface area contributed by atoms with E-state index in [2.05, 4.69) is 0 Å². The third-order valence-corrected chi connectivity index (χ3v) is 2.77. The van der Waals surface area contributed by atoms with Crippen LogP contribution in [0.5, 0.6) is 0 Å². The van der Waals surface area contributed by atoms with Crippen LogP contribution in [0.2, 0.25) is 0 Å². The Morgan fingerprint density at radius 3 is 2.80 bits per heavy atom. The Kier molecular flexibility index (Phi) is 2.52. The minimum absolute atomic E-state index is 0.0753. The zero-order valence-corrected chi connectivity index (χ0v) is 8.93. The monoisotopic (exact) mass is 209 g/mol. The summed E-state index contributed by atoms with van der Waals surface area (Å²) in [5, 5.41) is 9.50. The number of carbonyl (C=O) groups excluding carboxylic acids is 1. The maximum absolute atomic E-state index is 11.1. The van der Waals surface area contributed by atoms with Crippen molar-refractivity contribution in [1.29, 1.82) is 0 Å². The number of ketones is 1. The summed E-state index contributed by atoms with van der Waals surface area (Å²) < 4.78 is 5.41. The molecule has 2 rings (SSSR count). The summed E-state index contributed by atoms with van der Waals surface area (Å²) in [6.45, 7) is 4.09. The summed E-state index contributed by atoms with van der Waals surface area (Å²) in [6, 6.07) is 3.71. The maximum Gasteiger partial charge on any atom is 0.196 e. The predicted octanol–water partition coefficient (Wildman–Crippen LogP) is 1.44. The molecule has 1 aromatic heterocycles. The SMILES string of the molecule is CC(=O)c1ccc(N2CC(O)CC2C)o1. The average Bonchev–Trinajstić information content (AvgIpc) is 2.71. The number of rotatable bonds is 2. The van der Waals surface area contributed by atoms with Crippen LogP contribution in [0.4, 0.5) is 5.88 Å². The number of β-amino-alcohol motifs (C(OH)–C–C–N with tert-alkyl or cyclic N) is 1. The second kappa shape index (κ2) is 3.70. The maximum atomic E-state index is 11.1. The van der Waals surface area contributed by atoms with Crippen molar-refractivity contribution in [2.75, 3.05) is 11.4 Å². The second-order valence-corrected chi connectivity index (χ2v) is 4.08. The van der Waals surface area contributed by atoms with Gasteiger partial charge in [-0.3, -0.25) is 4.79 Å². The lowest BCUT2D eigenvalue weighted by molar-refractivity contribution is 0.0987. The first-order valence-corrected chi connectivity index (χ1v) is 5.13. The van der Waals surface area contributed by atoms with Crippen LogP contribution < -0.4 is 4.90 Å². The first-order chi connectivity index (χ1) is 7.08. The van der Waals surface area contributed by atoms with Crippen molar-refractivity contribution in [3.05, 3.63) is 17.9 Å². The van der Waals surface area contributed by atoms with E-state index in [1.165, 1.54) is 6.92 Å². The largest absolute Gasteiger partial charge is 0.437 e. The minimum atomic E-state index is -0.300. The van der Waals surface area contributed by atoms with Crippen molar-refractivity contribution in [2.45, 2.75) is 32.4 Å². The molecule has 0 bridgehead atoms. The molecule has 2 atom stereocenters. The van der Waals surface area contributed by atoms with Crippen molar-refractivity contribution in [3.8, 4) is 0 Å². The van der Waals surface area contributed by atoms with Crippen LogP contribution in [0.25, 0.3) is 0 Å². The Balaban J connectivity index is 2.19. The van der Waals surface area contributed by atoms with E-state index in [0.29, 0.717) is 18.2 Å². The van der Waals surface area contributed by atoms with E-state index in [9.17, 15) is 9.90 Å². The minimum Gasteiger partial charge on any atom is -0.437 e. The number of Topliss-reactive ketones (excluding diaryl/α,β-unsaturated/α-hetero) is 1. The van der Waals surface area contributed by atoms with Crippen molar-refractivity contribution in [3.63, 3.8) is 0 Å². The van der Waals surface area contributed by atoms with Gasteiger partial charge in [-0.05, 0) is 19.4 Å². The summed E-state index contributed by atoms with van der Waals surface area (Å²) in [7, 11) is 0. The smallest absolute Gasteiger partial charge is 0.196 e. The van der Waals surface area contributed by atoms with Crippen LogP contribution in [-0.2, 0) is 0 Å². The van der Waals surface area contributed by atoms with Gasteiger partial charge >= 0.3 is 0 Å². The molecule has 15 heavy (non-hydrogen) atoms. The first-order valence-electron chi connectivity index (χ1n) is 5.13. The van der Waals surface area contributed by atoms with Gasteiger partial charge in [0.05, 0.1) is 6.10 Å². The summed E-state index contributed by atoms with van der Waals surface area (Å²) in [6.07, 6.45) is 0.446. The van der Waals surface area contributed by atoms with Crippen molar-refractivity contribution in [2.24, 2.45) is 0 Å². The molecule has 0 amide bonds.